The third kappa shape index (κ3) is 5.09. The molecule has 0 aliphatic rings. The maximum atomic E-state index is 12.8. The molecule has 2 N–H and O–H groups in total. The lowest BCUT2D eigenvalue weighted by molar-refractivity contribution is -0.705. The summed E-state index contributed by atoms with van der Waals surface area (Å²) in [7, 11) is 1.54. The molecule has 3 aromatic rings. The number of anilines is 1. The number of rotatable bonds is 8. The van der Waals surface area contributed by atoms with Crippen LogP contribution in [0.5, 0.6) is 11.7 Å². The van der Waals surface area contributed by atoms with E-state index in [2.05, 4.69) is 10.6 Å². The van der Waals surface area contributed by atoms with Crippen molar-refractivity contribution in [3.8, 4) is 17.4 Å². The molecule has 0 radical (unpaired) electrons. The Labute approximate surface area is 186 Å². The van der Waals surface area contributed by atoms with Gasteiger partial charge in [-0.3, -0.25) is 4.79 Å². The second-order valence-corrected chi connectivity index (χ2v) is 7.88. The number of nitrogens with zero attached hydrogens (tertiary/aromatic N) is 2. The molecule has 0 saturated heterocycles. The van der Waals surface area contributed by atoms with Crippen LogP contribution in [0.15, 0.2) is 52.0 Å². The van der Waals surface area contributed by atoms with Gasteiger partial charge in [0.25, 0.3) is 5.03 Å². The minimum Gasteiger partial charge on any atom is -0.538 e. The zero-order chi connectivity index (χ0) is 22.5. The van der Waals surface area contributed by atoms with Crippen LogP contribution < -0.4 is 19.8 Å². The Morgan fingerprint density at radius 3 is 2.65 bits per heavy atom. The normalized spacial score (nSPS) is 11.7. The highest BCUT2D eigenvalue weighted by Gasteiger charge is 2.28. The Balaban J connectivity index is 1.81. The average molecular weight is 464 g/mol. The first kappa shape index (κ1) is 22.4. The van der Waals surface area contributed by atoms with E-state index in [1.165, 1.54) is 22.9 Å². The Kier molecular flexibility index (Phi) is 7.03. The second kappa shape index (κ2) is 9.71. The van der Waals surface area contributed by atoms with Gasteiger partial charge in [0.2, 0.25) is 11.6 Å². The number of hydrogen-bond donors (Lipinski definition) is 2. The van der Waals surface area contributed by atoms with Crippen molar-refractivity contribution in [2.45, 2.75) is 23.6 Å². The van der Waals surface area contributed by atoms with Gasteiger partial charge < -0.3 is 24.8 Å². The number of carbonyl (C=O) groups excluding carboxylic acids is 1. The highest BCUT2D eigenvalue weighted by Crippen LogP contribution is 2.30. The fourth-order valence-electron chi connectivity index (χ4n) is 2.67. The number of thioether (sulfide) groups is 1. The summed E-state index contributed by atoms with van der Waals surface area (Å²) in [6.07, 6.45) is 0.392. The quantitative estimate of drug-likeness (QED) is 0.385. The lowest BCUT2D eigenvalue weighted by atomic mass is 10.2. The Bertz CT molecular complexity index is 1100. The van der Waals surface area contributed by atoms with Gasteiger partial charge in [-0.1, -0.05) is 18.5 Å². The minimum absolute atomic E-state index is 0.0629. The zero-order valence-electron chi connectivity index (χ0n) is 16.5. The third-order valence-electron chi connectivity index (χ3n) is 4.27. The van der Waals surface area contributed by atoms with Gasteiger partial charge in [-0.15, -0.1) is 0 Å². The number of methoxy groups -OCH3 is 1. The van der Waals surface area contributed by atoms with Gasteiger partial charge in [0.1, 0.15) is 5.75 Å². The number of ether oxygens (including phenoxy) is 1. The molecule has 0 aliphatic heterocycles. The Morgan fingerprint density at radius 2 is 2.03 bits per heavy atom. The predicted molar refractivity (Wildman–Crippen MR) is 111 cm³/mol. The van der Waals surface area contributed by atoms with Crippen molar-refractivity contribution in [2.24, 2.45) is 0 Å². The molecule has 1 aromatic heterocycles. The van der Waals surface area contributed by atoms with Gasteiger partial charge in [-0.25, -0.2) is 4.79 Å². The predicted octanol–water partition coefficient (Wildman–Crippen LogP) is 2.89. The van der Waals surface area contributed by atoms with Crippen LogP contribution >= 0.6 is 23.4 Å². The van der Waals surface area contributed by atoms with E-state index < -0.39 is 23.1 Å². The lowest BCUT2D eigenvalue weighted by Crippen LogP contribution is -2.36. The average Bonchev–Trinajstić information content (AvgIpc) is 3.13. The zero-order valence-corrected chi connectivity index (χ0v) is 18.1. The number of nitrogens with one attached hydrogen (secondary N) is 1. The van der Waals surface area contributed by atoms with E-state index in [1.807, 2.05) is 0 Å². The van der Waals surface area contributed by atoms with Gasteiger partial charge in [0.05, 0.1) is 28.2 Å². The van der Waals surface area contributed by atoms with Crippen molar-refractivity contribution in [3.63, 3.8) is 0 Å². The summed E-state index contributed by atoms with van der Waals surface area (Å²) in [6.45, 7) is 1.79. The van der Waals surface area contributed by atoms with Crippen LogP contribution in [-0.2, 0) is 4.79 Å². The molecule has 0 aliphatic carbocycles. The molecule has 0 spiro atoms. The lowest BCUT2D eigenvalue weighted by Gasteiger charge is -2.13. The van der Waals surface area contributed by atoms with Gasteiger partial charge >= 0.3 is 5.97 Å². The molecule has 0 bridgehead atoms. The first-order valence-electron chi connectivity index (χ1n) is 9.07. The maximum Gasteiger partial charge on any atom is 0.337 e. The van der Waals surface area contributed by atoms with Crippen molar-refractivity contribution in [1.29, 1.82) is 0 Å². The summed E-state index contributed by atoms with van der Waals surface area (Å²) in [6, 6.07) is 11.0. The van der Waals surface area contributed by atoms with E-state index in [0.717, 1.165) is 11.8 Å². The van der Waals surface area contributed by atoms with Crippen molar-refractivity contribution in [3.05, 3.63) is 53.1 Å². The third-order valence-corrected chi connectivity index (χ3v) is 6.00. The summed E-state index contributed by atoms with van der Waals surface area (Å²) in [5, 5.41) is 27.4. The number of halogens is 1. The van der Waals surface area contributed by atoms with Crippen LogP contribution in [0.3, 0.4) is 0 Å². The maximum absolute atomic E-state index is 12.8. The fraction of sp³-hybridized carbons (Fsp3) is 0.200. The molecule has 11 heteroatoms. The molecule has 1 amide bonds. The van der Waals surface area contributed by atoms with E-state index in [1.54, 1.807) is 38.3 Å². The molecule has 1 heterocycles. The number of carboxylic acids is 1. The van der Waals surface area contributed by atoms with E-state index in [4.69, 9.17) is 20.9 Å². The molecular formula is C20H18ClN3O6S. The van der Waals surface area contributed by atoms with Crippen molar-refractivity contribution in [2.75, 3.05) is 12.4 Å². The summed E-state index contributed by atoms with van der Waals surface area (Å²) < 4.78 is 11.2. The van der Waals surface area contributed by atoms with Gasteiger partial charge in [0.15, 0.2) is 5.95 Å². The summed E-state index contributed by atoms with van der Waals surface area (Å²) in [5.41, 5.74) is 0.716. The summed E-state index contributed by atoms with van der Waals surface area (Å²) >= 11 is 6.87. The van der Waals surface area contributed by atoms with Crippen LogP contribution in [0.1, 0.15) is 23.7 Å². The van der Waals surface area contributed by atoms with Crippen molar-refractivity contribution < 1.29 is 33.7 Å². The van der Waals surface area contributed by atoms with Gasteiger partial charge in [-0.05, 0) is 53.2 Å². The van der Waals surface area contributed by atoms with Crippen molar-refractivity contribution >= 4 is 40.9 Å². The topological polar surface area (TPSA) is 129 Å². The monoisotopic (exact) mass is 463 g/mol. The fourth-order valence-corrected chi connectivity index (χ4v) is 3.85. The Morgan fingerprint density at radius 1 is 1.32 bits per heavy atom. The molecule has 9 nitrogen and oxygen atoms in total. The number of carboxylic acid groups (broad SMARTS) is 1. The van der Waals surface area contributed by atoms with Crippen LogP contribution in [0.4, 0.5) is 5.69 Å². The number of aromatic nitrogens is 2. The standard InChI is InChI=1S/C20H18ClN3O6S/c1-3-16(17(25)22-11-4-9-15(21)14(10-11)19(26)27)31-18-20(28)30-23-24(18)12-5-7-13(29-2)8-6-12/h4-10,16H,3H2,1-2H3,(H2-,22,23,25,26,27,28). The number of amides is 1. The van der Waals surface area contributed by atoms with Crippen LogP contribution in [-0.4, -0.2) is 34.6 Å². The van der Waals surface area contributed by atoms with E-state index in [-0.39, 0.29) is 21.3 Å². The summed E-state index contributed by atoms with van der Waals surface area (Å²) in [5.74, 6) is -1.65. The molecular weight excluding hydrogens is 446 g/mol. The van der Waals surface area contributed by atoms with E-state index in [0.29, 0.717) is 17.9 Å². The number of benzene rings is 2. The first-order valence-corrected chi connectivity index (χ1v) is 10.3. The summed E-state index contributed by atoms with van der Waals surface area (Å²) in [4.78, 5) is 24.0. The molecule has 2 aromatic carbocycles. The molecule has 1 unspecified atom stereocenters. The second-order valence-electron chi connectivity index (χ2n) is 6.28. The number of carbonyl (C=O) groups is 2. The first-order chi connectivity index (χ1) is 14.8. The van der Waals surface area contributed by atoms with Crippen LogP contribution in [0, 0.1) is 0 Å². The number of hydrogen-bond acceptors (Lipinski definition) is 7. The molecule has 0 fully saturated rings. The largest absolute Gasteiger partial charge is 0.538 e. The Hall–Kier alpha value is -3.24. The van der Waals surface area contributed by atoms with E-state index in [9.17, 15) is 19.8 Å². The molecule has 3 rings (SSSR count). The minimum atomic E-state index is -1.21. The molecule has 31 heavy (non-hydrogen) atoms. The van der Waals surface area contributed by atoms with Gasteiger partial charge in [0, 0.05) is 17.8 Å². The molecule has 0 saturated carbocycles. The smallest absolute Gasteiger partial charge is 0.337 e. The van der Waals surface area contributed by atoms with Crippen molar-refractivity contribution in [1.82, 2.24) is 5.27 Å². The highest BCUT2D eigenvalue weighted by molar-refractivity contribution is 8.00. The highest BCUT2D eigenvalue weighted by atomic mass is 35.5. The molecule has 1 atom stereocenters. The van der Waals surface area contributed by atoms with E-state index >= 15 is 0 Å². The van der Waals surface area contributed by atoms with Gasteiger partial charge in [-0.2, -0.15) is 0 Å². The number of aromatic carboxylic acids is 1. The van der Waals surface area contributed by atoms with Crippen LogP contribution in [0.2, 0.25) is 5.02 Å². The molecule has 162 valence electrons. The SMILES string of the molecule is CCC(Sc1c([O-])on[n+]1-c1ccc(OC)cc1)C(=O)Nc1ccc(Cl)c(C(=O)O)c1. The van der Waals surface area contributed by atoms with Crippen LogP contribution in [0.25, 0.3) is 5.69 Å².